The summed E-state index contributed by atoms with van der Waals surface area (Å²) in [6.07, 6.45) is 0. The Kier molecular flexibility index (Phi) is 5.88. The van der Waals surface area contributed by atoms with E-state index in [4.69, 9.17) is 4.74 Å². The Morgan fingerprint density at radius 1 is 1.17 bits per heavy atom. The van der Waals surface area contributed by atoms with Gasteiger partial charge in [0.05, 0.1) is 23.1 Å². The maximum atomic E-state index is 13.3. The summed E-state index contributed by atoms with van der Waals surface area (Å²) in [6.45, 7) is 0. The largest absolute Gasteiger partial charge is 0.497 e. The molecule has 0 atom stereocenters. The second-order valence-corrected chi connectivity index (χ2v) is 8.93. The summed E-state index contributed by atoms with van der Waals surface area (Å²) >= 11 is 3.86. The molecular formula is C18H14FN5O2S3. The molecule has 29 heavy (non-hydrogen) atoms. The Labute approximate surface area is 177 Å². The van der Waals surface area contributed by atoms with Crippen molar-refractivity contribution in [1.82, 2.24) is 15.2 Å². The fourth-order valence-electron chi connectivity index (χ4n) is 2.38. The Balaban J connectivity index is 1.32. The normalized spacial score (nSPS) is 10.8. The third kappa shape index (κ3) is 5.00. The van der Waals surface area contributed by atoms with Crippen LogP contribution in [-0.2, 0) is 4.79 Å². The average molecular weight is 448 g/mol. The van der Waals surface area contributed by atoms with Crippen LogP contribution in [0.3, 0.4) is 0 Å². The molecule has 0 aliphatic heterocycles. The number of benzene rings is 2. The third-order valence-corrected chi connectivity index (χ3v) is 6.56. The topological polar surface area (TPSA) is 89.0 Å². The van der Waals surface area contributed by atoms with Crippen LogP contribution in [0.1, 0.15) is 0 Å². The Hall–Kier alpha value is -2.76. The van der Waals surface area contributed by atoms with Crippen LogP contribution in [0.4, 0.5) is 20.3 Å². The van der Waals surface area contributed by atoms with E-state index in [1.54, 1.807) is 13.2 Å². The van der Waals surface area contributed by atoms with E-state index < -0.39 is 0 Å². The van der Waals surface area contributed by atoms with Crippen LogP contribution in [0.5, 0.6) is 5.75 Å². The van der Waals surface area contributed by atoms with E-state index in [2.05, 4.69) is 25.8 Å². The summed E-state index contributed by atoms with van der Waals surface area (Å²) < 4.78 is 19.8. The van der Waals surface area contributed by atoms with E-state index >= 15 is 0 Å². The van der Waals surface area contributed by atoms with Gasteiger partial charge in [0, 0.05) is 11.8 Å². The summed E-state index contributed by atoms with van der Waals surface area (Å²) in [4.78, 5) is 16.5. The molecule has 0 aliphatic carbocycles. The van der Waals surface area contributed by atoms with E-state index in [9.17, 15) is 9.18 Å². The van der Waals surface area contributed by atoms with Gasteiger partial charge in [0.25, 0.3) is 0 Å². The number of halogens is 1. The Morgan fingerprint density at radius 2 is 2.07 bits per heavy atom. The highest BCUT2D eigenvalue weighted by molar-refractivity contribution is 8.01. The smallest absolute Gasteiger partial charge is 0.236 e. The molecule has 0 aliphatic rings. The monoisotopic (exact) mass is 447 g/mol. The molecule has 0 unspecified atom stereocenters. The van der Waals surface area contributed by atoms with E-state index in [0.717, 1.165) is 11.4 Å². The number of thiazole rings is 1. The van der Waals surface area contributed by atoms with Gasteiger partial charge >= 0.3 is 0 Å². The molecule has 2 N–H and O–H groups in total. The van der Waals surface area contributed by atoms with E-state index in [0.29, 0.717) is 24.8 Å². The summed E-state index contributed by atoms with van der Waals surface area (Å²) in [5.74, 6) is 0.359. The van der Waals surface area contributed by atoms with Crippen molar-refractivity contribution in [2.24, 2.45) is 0 Å². The van der Waals surface area contributed by atoms with Crippen LogP contribution in [0.15, 0.2) is 46.8 Å². The highest BCUT2D eigenvalue weighted by Crippen LogP contribution is 2.30. The van der Waals surface area contributed by atoms with Crippen LogP contribution in [0.2, 0.25) is 0 Å². The molecule has 0 saturated heterocycles. The lowest BCUT2D eigenvalue weighted by Crippen LogP contribution is -2.13. The van der Waals surface area contributed by atoms with Crippen molar-refractivity contribution in [3.05, 3.63) is 48.3 Å². The zero-order chi connectivity index (χ0) is 20.2. The number of nitrogens with zero attached hydrogens (tertiary/aromatic N) is 3. The lowest BCUT2D eigenvalue weighted by Gasteiger charge is -2.04. The zero-order valence-electron chi connectivity index (χ0n) is 15.0. The van der Waals surface area contributed by atoms with E-state index in [-0.39, 0.29) is 17.5 Å². The fourth-order valence-corrected chi connectivity index (χ4v) is 4.86. The first-order valence-electron chi connectivity index (χ1n) is 8.32. The van der Waals surface area contributed by atoms with Crippen molar-refractivity contribution < 1.29 is 13.9 Å². The molecule has 11 heteroatoms. The number of anilines is 3. The lowest BCUT2D eigenvalue weighted by atomic mass is 10.3. The highest BCUT2D eigenvalue weighted by Gasteiger charge is 2.11. The van der Waals surface area contributed by atoms with Gasteiger partial charge in [-0.05, 0) is 30.3 Å². The Morgan fingerprint density at radius 3 is 2.93 bits per heavy atom. The number of amides is 1. The van der Waals surface area contributed by atoms with Crippen molar-refractivity contribution in [3.63, 3.8) is 0 Å². The molecule has 0 bridgehead atoms. The van der Waals surface area contributed by atoms with Gasteiger partial charge in [0.1, 0.15) is 11.6 Å². The molecule has 4 rings (SSSR count). The predicted octanol–water partition coefficient (Wildman–Crippen LogP) is 4.77. The van der Waals surface area contributed by atoms with Crippen LogP contribution in [0, 0.1) is 5.82 Å². The standard InChI is InChI=1S/C18H14FN5O2S3/c1-26-12-4-2-3-11(8-12)20-17-23-24-18(29-17)27-9-15(25)22-16-21-13-6-5-10(19)7-14(13)28-16/h2-8H,9H2,1H3,(H,20,23)(H,21,22,25). The molecule has 0 saturated carbocycles. The van der Waals surface area contributed by atoms with E-state index in [1.807, 2.05) is 24.3 Å². The van der Waals surface area contributed by atoms with Crippen LogP contribution in [-0.4, -0.2) is 34.0 Å². The fraction of sp³-hybridized carbons (Fsp3) is 0.111. The quantitative estimate of drug-likeness (QED) is 0.395. The molecule has 7 nitrogen and oxygen atoms in total. The van der Waals surface area contributed by atoms with Crippen molar-refractivity contribution in [3.8, 4) is 5.75 Å². The zero-order valence-corrected chi connectivity index (χ0v) is 17.5. The van der Waals surface area contributed by atoms with Crippen LogP contribution >= 0.6 is 34.4 Å². The van der Waals surface area contributed by atoms with Gasteiger partial charge in [0.2, 0.25) is 11.0 Å². The number of fused-ring (bicyclic) bond motifs is 1. The maximum absolute atomic E-state index is 13.3. The molecule has 1 amide bonds. The van der Waals surface area contributed by atoms with Gasteiger partial charge in [-0.15, -0.1) is 10.2 Å². The molecule has 2 aromatic carbocycles. The first kappa shape index (κ1) is 19.6. The minimum absolute atomic E-state index is 0.165. The number of carbonyl (C=O) groups excluding carboxylic acids is 1. The highest BCUT2D eigenvalue weighted by atomic mass is 32.2. The summed E-state index contributed by atoms with van der Waals surface area (Å²) in [6, 6.07) is 11.8. The minimum atomic E-state index is -0.329. The van der Waals surface area contributed by atoms with E-state index in [1.165, 1.54) is 46.6 Å². The summed E-state index contributed by atoms with van der Waals surface area (Å²) in [5.41, 5.74) is 1.49. The number of nitrogens with one attached hydrogen (secondary N) is 2. The lowest BCUT2D eigenvalue weighted by molar-refractivity contribution is -0.113. The number of thioether (sulfide) groups is 1. The first-order valence-corrected chi connectivity index (χ1v) is 10.9. The van der Waals surface area contributed by atoms with Gasteiger partial charge < -0.3 is 15.4 Å². The third-order valence-electron chi connectivity index (χ3n) is 3.65. The first-order chi connectivity index (χ1) is 14.1. The van der Waals surface area contributed by atoms with Crippen molar-refractivity contribution in [2.45, 2.75) is 4.34 Å². The molecule has 0 radical (unpaired) electrons. The predicted molar refractivity (Wildman–Crippen MR) is 115 cm³/mol. The second-order valence-electron chi connectivity index (χ2n) is 5.70. The van der Waals surface area contributed by atoms with Crippen molar-refractivity contribution in [2.75, 3.05) is 23.5 Å². The van der Waals surface area contributed by atoms with Gasteiger partial charge in [-0.1, -0.05) is 40.5 Å². The molecule has 4 aromatic rings. The average Bonchev–Trinajstić information content (AvgIpc) is 3.32. The maximum Gasteiger partial charge on any atom is 0.236 e. The minimum Gasteiger partial charge on any atom is -0.497 e. The van der Waals surface area contributed by atoms with Crippen LogP contribution < -0.4 is 15.4 Å². The van der Waals surface area contributed by atoms with Crippen molar-refractivity contribution in [1.29, 1.82) is 0 Å². The van der Waals surface area contributed by atoms with Gasteiger partial charge in [-0.25, -0.2) is 9.37 Å². The number of rotatable bonds is 7. The van der Waals surface area contributed by atoms with Crippen molar-refractivity contribution >= 4 is 66.5 Å². The SMILES string of the molecule is COc1cccc(Nc2nnc(SCC(=O)Nc3nc4ccc(F)cc4s3)s2)c1. The van der Waals surface area contributed by atoms with Gasteiger partial charge in [-0.3, -0.25) is 4.79 Å². The summed E-state index contributed by atoms with van der Waals surface area (Å²) in [7, 11) is 1.61. The number of hydrogen-bond donors (Lipinski definition) is 2. The number of aromatic nitrogens is 3. The van der Waals surface area contributed by atoms with Gasteiger partial charge in [-0.2, -0.15) is 0 Å². The number of hydrogen-bond acceptors (Lipinski definition) is 9. The molecule has 2 aromatic heterocycles. The molecular weight excluding hydrogens is 433 g/mol. The molecule has 0 spiro atoms. The molecule has 2 heterocycles. The molecule has 148 valence electrons. The summed E-state index contributed by atoms with van der Waals surface area (Å²) in [5, 5.41) is 15.1. The molecule has 0 fully saturated rings. The van der Waals surface area contributed by atoms with Crippen LogP contribution in [0.25, 0.3) is 10.2 Å². The second kappa shape index (κ2) is 8.72. The number of ether oxygens (including phenoxy) is 1. The Bertz CT molecular complexity index is 1160. The van der Waals surface area contributed by atoms with Gasteiger partial charge in [0.15, 0.2) is 9.47 Å². The number of carbonyl (C=O) groups is 1. The number of methoxy groups -OCH3 is 1.